The topological polar surface area (TPSA) is 114 Å². The zero-order valence-corrected chi connectivity index (χ0v) is 15.0. The third-order valence-electron chi connectivity index (χ3n) is 4.10. The summed E-state index contributed by atoms with van der Waals surface area (Å²) < 4.78 is 0. The summed E-state index contributed by atoms with van der Waals surface area (Å²) in [6.45, 7) is 1.78. The van der Waals surface area contributed by atoms with Crippen LogP contribution in [0.2, 0.25) is 5.02 Å². The highest BCUT2D eigenvalue weighted by Gasteiger charge is 2.37. The van der Waals surface area contributed by atoms with Crippen molar-refractivity contribution in [2.45, 2.75) is 18.9 Å². The van der Waals surface area contributed by atoms with Crippen molar-refractivity contribution in [1.82, 2.24) is 14.9 Å². The molecule has 8 nitrogen and oxygen atoms in total. The molecule has 0 radical (unpaired) electrons. The van der Waals surface area contributed by atoms with E-state index in [1.165, 1.54) is 17.2 Å². The Kier molecular flexibility index (Phi) is 4.60. The van der Waals surface area contributed by atoms with Crippen molar-refractivity contribution in [2.75, 3.05) is 12.4 Å². The molecule has 0 fully saturated rings. The summed E-state index contributed by atoms with van der Waals surface area (Å²) in [6.07, 6.45) is 3.07. The first-order valence-corrected chi connectivity index (χ1v) is 8.17. The lowest BCUT2D eigenvalue weighted by molar-refractivity contribution is -0.128. The van der Waals surface area contributed by atoms with E-state index in [4.69, 9.17) is 17.3 Å². The SMILES string of the molecule is CN1C(=O)CC(C)(c2cc(NC(=O)c3ccc(Cl)cn3)ccn2)N=C1N. The van der Waals surface area contributed by atoms with Crippen LogP contribution in [0.3, 0.4) is 0 Å². The van der Waals surface area contributed by atoms with Gasteiger partial charge in [-0.3, -0.25) is 19.5 Å². The molecule has 0 saturated heterocycles. The van der Waals surface area contributed by atoms with Crippen LogP contribution in [0.5, 0.6) is 0 Å². The summed E-state index contributed by atoms with van der Waals surface area (Å²) in [5.41, 5.74) is 6.21. The number of carbonyl (C=O) groups is 2. The van der Waals surface area contributed by atoms with Gasteiger partial charge in [0.25, 0.3) is 5.91 Å². The largest absolute Gasteiger partial charge is 0.369 e. The summed E-state index contributed by atoms with van der Waals surface area (Å²) in [4.78, 5) is 38.4. The molecule has 1 unspecified atom stereocenters. The van der Waals surface area contributed by atoms with Crippen LogP contribution in [0.15, 0.2) is 41.7 Å². The van der Waals surface area contributed by atoms with Crippen LogP contribution in [-0.4, -0.2) is 39.7 Å². The summed E-state index contributed by atoms with van der Waals surface area (Å²) >= 11 is 5.78. The van der Waals surface area contributed by atoms with E-state index in [-0.39, 0.29) is 29.9 Å². The summed E-state index contributed by atoms with van der Waals surface area (Å²) in [5.74, 6) is -0.404. The smallest absolute Gasteiger partial charge is 0.274 e. The van der Waals surface area contributed by atoms with Crippen LogP contribution in [0.25, 0.3) is 0 Å². The number of guanidine groups is 1. The fraction of sp³-hybridized carbons (Fsp3) is 0.235. The highest BCUT2D eigenvalue weighted by molar-refractivity contribution is 6.30. The van der Waals surface area contributed by atoms with E-state index in [0.29, 0.717) is 16.4 Å². The zero-order chi connectivity index (χ0) is 18.9. The molecule has 0 aliphatic carbocycles. The van der Waals surface area contributed by atoms with Gasteiger partial charge in [0.2, 0.25) is 5.91 Å². The van der Waals surface area contributed by atoms with Gasteiger partial charge >= 0.3 is 0 Å². The van der Waals surface area contributed by atoms with E-state index in [9.17, 15) is 9.59 Å². The zero-order valence-electron chi connectivity index (χ0n) is 14.2. The summed E-state index contributed by atoms with van der Waals surface area (Å²) in [6, 6.07) is 6.43. The van der Waals surface area contributed by atoms with Gasteiger partial charge in [-0.15, -0.1) is 0 Å². The normalized spacial score (nSPS) is 19.9. The fourth-order valence-corrected chi connectivity index (χ4v) is 2.68. The van der Waals surface area contributed by atoms with E-state index >= 15 is 0 Å². The molecular weight excluding hydrogens is 356 g/mol. The molecule has 1 atom stereocenters. The van der Waals surface area contributed by atoms with Gasteiger partial charge in [-0.05, 0) is 31.2 Å². The predicted molar refractivity (Wildman–Crippen MR) is 97.8 cm³/mol. The second-order valence-corrected chi connectivity index (χ2v) is 6.56. The quantitative estimate of drug-likeness (QED) is 0.852. The van der Waals surface area contributed by atoms with Crippen LogP contribution in [-0.2, 0) is 10.3 Å². The third-order valence-corrected chi connectivity index (χ3v) is 4.33. The van der Waals surface area contributed by atoms with Gasteiger partial charge in [0.1, 0.15) is 11.2 Å². The van der Waals surface area contributed by atoms with Gasteiger partial charge in [-0.1, -0.05) is 11.6 Å². The molecule has 0 spiro atoms. The van der Waals surface area contributed by atoms with Crippen molar-refractivity contribution in [3.63, 3.8) is 0 Å². The molecule has 134 valence electrons. The summed E-state index contributed by atoms with van der Waals surface area (Å²) in [7, 11) is 1.57. The van der Waals surface area contributed by atoms with Crippen molar-refractivity contribution in [2.24, 2.45) is 10.7 Å². The number of hydrogen-bond acceptors (Lipinski definition) is 6. The molecule has 9 heteroatoms. The van der Waals surface area contributed by atoms with Crippen LogP contribution >= 0.6 is 11.6 Å². The fourth-order valence-electron chi connectivity index (χ4n) is 2.56. The molecule has 0 bridgehead atoms. The number of aromatic nitrogens is 2. The average molecular weight is 373 g/mol. The number of pyridine rings is 2. The van der Waals surface area contributed by atoms with Crippen molar-refractivity contribution >= 4 is 35.1 Å². The molecule has 3 N–H and O–H groups in total. The lowest BCUT2D eigenvalue weighted by Gasteiger charge is -2.32. The van der Waals surface area contributed by atoms with Crippen molar-refractivity contribution < 1.29 is 9.59 Å². The van der Waals surface area contributed by atoms with E-state index in [0.717, 1.165) is 0 Å². The maximum absolute atomic E-state index is 12.3. The molecule has 1 aliphatic heterocycles. The van der Waals surface area contributed by atoms with Crippen LogP contribution < -0.4 is 11.1 Å². The van der Waals surface area contributed by atoms with Crippen molar-refractivity contribution in [1.29, 1.82) is 0 Å². The molecule has 0 aromatic carbocycles. The second-order valence-electron chi connectivity index (χ2n) is 6.12. The highest BCUT2D eigenvalue weighted by Crippen LogP contribution is 2.32. The molecule has 3 heterocycles. The number of amides is 2. The van der Waals surface area contributed by atoms with E-state index in [1.807, 2.05) is 0 Å². The second kappa shape index (κ2) is 6.72. The number of nitrogens with two attached hydrogens (primary N) is 1. The minimum Gasteiger partial charge on any atom is -0.369 e. The number of aliphatic imine (C=N–C) groups is 1. The Morgan fingerprint density at radius 3 is 2.77 bits per heavy atom. The predicted octanol–water partition coefficient (Wildman–Crippen LogP) is 1.77. The van der Waals surface area contributed by atoms with E-state index < -0.39 is 5.54 Å². The summed E-state index contributed by atoms with van der Waals surface area (Å²) in [5, 5.41) is 3.19. The first-order chi connectivity index (χ1) is 12.3. The van der Waals surface area contributed by atoms with Gasteiger partial charge in [0.05, 0.1) is 17.1 Å². The van der Waals surface area contributed by atoms with Gasteiger partial charge in [0, 0.05) is 25.1 Å². The molecule has 2 aromatic rings. The van der Waals surface area contributed by atoms with Gasteiger partial charge in [-0.25, -0.2) is 9.98 Å². The Morgan fingerprint density at radius 2 is 2.12 bits per heavy atom. The number of nitrogens with one attached hydrogen (secondary N) is 1. The Morgan fingerprint density at radius 1 is 1.35 bits per heavy atom. The Balaban J connectivity index is 1.85. The molecule has 26 heavy (non-hydrogen) atoms. The number of halogens is 1. The lowest BCUT2D eigenvalue weighted by atomic mass is 9.91. The van der Waals surface area contributed by atoms with Gasteiger partial charge in [-0.2, -0.15) is 0 Å². The van der Waals surface area contributed by atoms with Crippen LogP contribution in [0, 0.1) is 0 Å². The number of anilines is 1. The van der Waals surface area contributed by atoms with Crippen molar-refractivity contribution in [3.8, 4) is 0 Å². The Labute approximate surface area is 155 Å². The molecule has 3 rings (SSSR count). The molecule has 2 aromatic heterocycles. The highest BCUT2D eigenvalue weighted by atomic mass is 35.5. The maximum Gasteiger partial charge on any atom is 0.274 e. The minimum absolute atomic E-state index is 0.130. The number of rotatable bonds is 3. The van der Waals surface area contributed by atoms with Crippen molar-refractivity contribution in [3.05, 3.63) is 53.1 Å². The van der Waals surface area contributed by atoms with Crippen LogP contribution in [0.4, 0.5) is 5.69 Å². The molecule has 0 saturated carbocycles. The van der Waals surface area contributed by atoms with E-state index in [1.54, 1.807) is 38.4 Å². The lowest BCUT2D eigenvalue weighted by Crippen LogP contribution is -2.47. The standard InChI is InChI=1S/C17H17ClN6O2/c1-17(8-14(25)24(2)16(19)23-17)13-7-11(5-6-20-13)22-15(26)12-4-3-10(18)9-21-12/h3-7,9H,8H2,1-2H3,(H2,19,23)(H,20,22,26). The number of hydrogen-bond donors (Lipinski definition) is 2. The Hall–Kier alpha value is -3.00. The van der Waals surface area contributed by atoms with Crippen LogP contribution in [0.1, 0.15) is 29.5 Å². The van der Waals surface area contributed by atoms with Gasteiger partial charge < -0.3 is 11.1 Å². The minimum atomic E-state index is -0.896. The first-order valence-electron chi connectivity index (χ1n) is 7.80. The molecular formula is C17H17ClN6O2. The average Bonchev–Trinajstić information content (AvgIpc) is 2.60. The number of carbonyl (C=O) groups excluding carboxylic acids is 2. The molecule has 1 aliphatic rings. The Bertz CT molecular complexity index is 898. The number of nitrogens with zero attached hydrogens (tertiary/aromatic N) is 4. The first kappa shape index (κ1) is 17.8. The van der Waals surface area contributed by atoms with E-state index in [2.05, 4.69) is 20.3 Å². The maximum atomic E-state index is 12.3. The monoisotopic (exact) mass is 372 g/mol. The molecule has 2 amide bonds. The van der Waals surface area contributed by atoms with Gasteiger partial charge in [0.15, 0.2) is 5.96 Å². The third kappa shape index (κ3) is 3.50.